The van der Waals surface area contributed by atoms with E-state index in [0.29, 0.717) is 49.7 Å². The molecule has 0 spiro atoms. The van der Waals surface area contributed by atoms with E-state index in [9.17, 15) is 4.79 Å². The average molecular weight is 605 g/mol. The normalized spacial score (nSPS) is 15.9. The number of hydrogen-bond donors (Lipinski definition) is 1. The van der Waals surface area contributed by atoms with Crippen LogP contribution in [0.15, 0.2) is 36.5 Å². The van der Waals surface area contributed by atoms with Crippen LogP contribution in [0.2, 0.25) is 0 Å². The highest BCUT2D eigenvalue weighted by Gasteiger charge is 2.29. The number of rotatable bonds is 5. The quantitative estimate of drug-likeness (QED) is 0.274. The van der Waals surface area contributed by atoms with Crippen molar-refractivity contribution in [3.63, 3.8) is 0 Å². The van der Waals surface area contributed by atoms with Gasteiger partial charge in [0.15, 0.2) is 17.4 Å². The molecule has 1 saturated heterocycles. The van der Waals surface area contributed by atoms with Crippen LogP contribution in [0.1, 0.15) is 70.5 Å². The summed E-state index contributed by atoms with van der Waals surface area (Å²) in [6.07, 6.45) is 2.81. The maximum atomic E-state index is 15.1. The standard InChI is InChI=1S/C33H38F2N6O3/c1-19(2)41-12-13-43-31-24(34)16-22(17-27(31)41)30-25(35)18-36-28(37-30)15-20-6-7-26-23(14-20)29(39-38-26)21-8-10-40(11-9-21)32(42)44-33(3,4)5/h6-7,14,16-19,21H,8-13,15H2,1-5H3,(H,38,39). The summed E-state index contributed by atoms with van der Waals surface area (Å²) in [5.74, 6) is -0.339. The molecule has 232 valence electrons. The first-order valence-electron chi connectivity index (χ1n) is 15.2. The molecule has 0 aliphatic carbocycles. The molecule has 44 heavy (non-hydrogen) atoms. The predicted octanol–water partition coefficient (Wildman–Crippen LogP) is 6.61. The maximum absolute atomic E-state index is 15.1. The number of amides is 1. The summed E-state index contributed by atoms with van der Waals surface area (Å²) < 4.78 is 41.3. The first-order valence-corrected chi connectivity index (χ1v) is 15.2. The summed E-state index contributed by atoms with van der Waals surface area (Å²) in [6.45, 7) is 11.9. The molecule has 2 aliphatic rings. The Morgan fingerprint density at radius 1 is 1.11 bits per heavy atom. The number of benzene rings is 2. The first-order chi connectivity index (χ1) is 21.0. The topological polar surface area (TPSA) is 96.5 Å². The molecule has 0 unspecified atom stereocenters. The van der Waals surface area contributed by atoms with Gasteiger partial charge in [-0.2, -0.15) is 5.10 Å². The number of hydrogen-bond acceptors (Lipinski definition) is 7. The average Bonchev–Trinajstić information content (AvgIpc) is 3.40. The van der Waals surface area contributed by atoms with Gasteiger partial charge in [0, 0.05) is 48.1 Å². The monoisotopic (exact) mass is 604 g/mol. The third-order valence-corrected chi connectivity index (χ3v) is 8.17. The molecule has 0 atom stereocenters. The number of aromatic nitrogens is 4. The van der Waals surface area contributed by atoms with E-state index in [1.54, 1.807) is 11.0 Å². The Bertz CT molecular complexity index is 1690. The maximum Gasteiger partial charge on any atom is 0.410 e. The van der Waals surface area contributed by atoms with Crippen molar-refractivity contribution in [2.75, 3.05) is 31.1 Å². The third kappa shape index (κ3) is 6.05. The van der Waals surface area contributed by atoms with Crippen LogP contribution in [0, 0.1) is 11.6 Å². The molecular weight excluding hydrogens is 566 g/mol. The lowest BCUT2D eigenvalue weighted by molar-refractivity contribution is 0.0204. The van der Waals surface area contributed by atoms with Crippen molar-refractivity contribution in [2.45, 2.75) is 71.4 Å². The zero-order valence-corrected chi connectivity index (χ0v) is 25.8. The fourth-order valence-electron chi connectivity index (χ4n) is 6.02. The lowest BCUT2D eigenvalue weighted by Gasteiger charge is -2.34. The van der Waals surface area contributed by atoms with E-state index in [4.69, 9.17) is 9.47 Å². The van der Waals surface area contributed by atoms with Crippen molar-refractivity contribution in [1.29, 1.82) is 0 Å². The molecule has 2 aromatic carbocycles. The molecule has 1 fully saturated rings. The van der Waals surface area contributed by atoms with Gasteiger partial charge in [0.2, 0.25) is 0 Å². The SMILES string of the molecule is CC(C)N1CCOc2c(F)cc(-c3nc(Cc4ccc5n[nH]c(C6CCN(C(=O)OC(C)(C)C)CC6)c5c4)ncc3F)cc21. The molecule has 4 aromatic rings. The Hall–Kier alpha value is -4.28. The van der Waals surface area contributed by atoms with Crippen LogP contribution in [0.25, 0.3) is 22.2 Å². The largest absolute Gasteiger partial charge is 0.486 e. The molecule has 4 heterocycles. The summed E-state index contributed by atoms with van der Waals surface area (Å²) in [4.78, 5) is 25.1. The minimum Gasteiger partial charge on any atom is -0.486 e. The number of nitrogens with zero attached hydrogens (tertiary/aromatic N) is 5. The van der Waals surface area contributed by atoms with Gasteiger partial charge in [-0.1, -0.05) is 6.07 Å². The molecule has 0 saturated carbocycles. The number of likely N-dealkylation sites (tertiary alicyclic amines) is 1. The minimum absolute atomic E-state index is 0.0489. The predicted molar refractivity (Wildman–Crippen MR) is 164 cm³/mol. The molecule has 0 radical (unpaired) electrons. The molecule has 1 amide bonds. The van der Waals surface area contributed by atoms with Crippen LogP contribution < -0.4 is 9.64 Å². The Morgan fingerprint density at radius 2 is 1.89 bits per heavy atom. The number of anilines is 1. The minimum atomic E-state index is -0.619. The zero-order valence-electron chi connectivity index (χ0n) is 25.8. The first kappa shape index (κ1) is 29.8. The molecule has 11 heteroatoms. The third-order valence-electron chi connectivity index (χ3n) is 8.17. The number of fused-ring (bicyclic) bond motifs is 2. The second kappa shape index (κ2) is 11.7. The summed E-state index contributed by atoms with van der Waals surface area (Å²) in [5, 5.41) is 8.74. The van der Waals surface area contributed by atoms with Crippen LogP contribution in [-0.4, -0.2) is 69.0 Å². The van der Waals surface area contributed by atoms with Crippen LogP contribution in [0.5, 0.6) is 5.75 Å². The van der Waals surface area contributed by atoms with Gasteiger partial charge in [-0.05, 0) is 77.3 Å². The van der Waals surface area contributed by atoms with Crippen LogP contribution >= 0.6 is 0 Å². The Labute approximate surface area is 255 Å². The number of aromatic amines is 1. The van der Waals surface area contributed by atoms with Gasteiger partial charge < -0.3 is 19.3 Å². The van der Waals surface area contributed by atoms with Crippen molar-refractivity contribution in [3.05, 3.63) is 65.2 Å². The fourth-order valence-corrected chi connectivity index (χ4v) is 6.02. The highest BCUT2D eigenvalue weighted by Crippen LogP contribution is 2.39. The van der Waals surface area contributed by atoms with Gasteiger partial charge in [-0.15, -0.1) is 0 Å². The molecule has 0 bridgehead atoms. The van der Waals surface area contributed by atoms with Crippen LogP contribution in [0.3, 0.4) is 0 Å². The molecule has 2 aromatic heterocycles. The highest BCUT2D eigenvalue weighted by atomic mass is 19.1. The molecule has 9 nitrogen and oxygen atoms in total. The summed E-state index contributed by atoms with van der Waals surface area (Å²) in [6, 6.07) is 9.11. The zero-order chi connectivity index (χ0) is 31.2. The Balaban J connectivity index is 1.22. The van der Waals surface area contributed by atoms with Crippen molar-refractivity contribution in [3.8, 4) is 17.0 Å². The summed E-state index contributed by atoms with van der Waals surface area (Å²) >= 11 is 0. The number of nitrogens with one attached hydrogen (secondary N) is 1. The highest BCUT2D eigenvalue weighted by molar-refractivity contribution is 5.83. The van der Waals surface area contributed by atoms with E-state index in [0.717, 1.165) is 41.2 Å². The van der Waals surface area contributed by atoms with Crippen LogP contribution in [-0.2, 0) is 11.2 Å². The van der Waals surface area contributed by atoms with Crippen molar-refractivity contribution in [2.24, 2.45) is 0 Å². The fraction of sp³-hybridized carbons (Fsp3) is 0.455. The van der Waals surface area contributed by atoms with Gasteiger partial charge in [0.1, 0.15) is 23.7 Å². The smallest absolute Gasteiger partial charge is 0.410 e. The van der Waals surface area contributed by atoms with Crippen molar-refractivity contribution in [1.82, 2.24) is 25.1 Å². The van der Waals surface area contributed by atoms with Gasteiger partial charge in [0.25, 0.3) is 0 Å². The van der Waals surface area contributed by atoms with E-state index in [1.807, 2.05) is 51.7 Å². The van der Waals surface area contributed by atoms with E-state index in [2.05, 4.69) is 26.2 Å². The van der Waals surface area contributed by atoms with Gasteiger partial charge in [-0.3, -0.25) is 5.10 Å². The summed E-state index contributed by atoms with van der Waals surface area (Å²) in [5.41, 5.74) is 3.28. The van der Waals surface area contributed by atoms with Crippen molar-refractivity contribution < 1.29 is 23.0 Å². The second-order valence-corrected chi connectivity index (χ2v) is 12.8. The van der Waals surface area contributed by atoms with E-state index in [1.165, 1.54) is 6.07 Å². The van der Waals surface area contributed by atoms with E-state index >= 15 is 8.78 Å². The lowest BCUT2D eigenvalue weighted by Crippen LogP contribution is -2.41. The van der Waals surface area contributed by atoms with Gasteiger partial charge in [0.05, 0.1) is 23.9 Å². The number of halogens is 2. The van der Waals surface area contributed by atoms with Crippen molar-refractivity contribution >= 4 is 22.7 Å². The molecular formula is C33H38F2N6O3. The number of piperidine rings is 1. The number of H-pyrrole nitrogens is 1. The molecule has 2 aliphatic heterocycles. The van der Waals surface area contributed by atoms with E-state index < -0.39 is 17.2 Å². The van der Waals surface area contributed by atoms with Gasteiger partial charge in [-0.25, -0.2) is 23.5 Å². The second-order valence-electron chi connectivity index (χ2n) is 12.8. The number of carbonyl (C=O) groups excluding carboxylic acids is 1. The summed E-state index contributed by atoms with van der Waals surface area (Å²) in [7, 11) is 0. The Kier molecular flexibility index (Phi) is 7.89. The molecule has 1 N–H and O–H groups in total. The Morgan fingerprint density at radius 3 is 2.61 bits per heavy atom. The number of carbonyl (C=O) groups is 1. The van der Waals surface area contributed by atoms with Gasteiger partial charge >= 0.3 is 6.09 Å². The molecule has 6 rings (SSSR count). The number of ether oxygens (including phenoxy) is 2. The van der Waals surface area contributed by atoms with E-state index in [-0.39, 0.29) is 29.5 Å². The lowest BCUT2D eigenvalue weighted by atomic mass is 9.91. The van der Waals surface area contributed by atoms with Crippen LogP contribution in [0.4, 0.5) is 19.3 Å².